The summed E-state index contributed by atoms with van der Waals surface area (Å²) in [4.78, 5) is 20.9. The Labute approximate surface area is 178 Å². The SMILES string of the molecule is CCNC(=NCc1ccc(C)s1)NCCCN1CCCC(C(N)=O)C1.I. The summed E-state index contributed by atoms with van der Waals surface area (Å²) in [5, 5.41) is 6.69. The zero-order valence-electron chi connectivity index (χ0n) is 15.8. The van der Waals surface area contributed by atoms with Gasteiger partial charge in [0.15, 0.2) is 5.96 Å². The lowest BCUT2D eigenvalue weighted by atomic mass is 9.97. The van der Waals surface area contributed by atoms with Gasteiger partial charge in [-0.15, -0.1) is 35.3 Å². The summed E-state index contributed by atoms with van der Waals surface area (Å²) < 4.78 is 0. The molecule has 26 heavy (non-hydrogen) atoms. The molecule has 0 aromatic carbocycles. The molecule has 2 heterocycles. The monoisotopic (exact) mass is 493 g/mol. The van der Waals surface area contributed by atoms with E-state index in [-0.39, 0.29) is 35.8 Å². The number of carbonyl (C=O) groups excluding carboxylic acids is 1. The molecule has 4 N–H and O–H groups in total. The molecule has 0 aliphatic carbocycles. The number of nitrogens with two attached hydrogens (primary N) is 1. The van der Waals surface area contributed by atoms with Crippen molar-refractivity contribution in [3.05, 3.63) is 21.9 Å². The number of nitrogens with zero attached hydrogens (tertiary/aromatic N) is 2. The molecule has 1 fully saturated rings. The van der Waals surface area contributed by atoms with Gasteiger partial charge in [0, 0.05) is 29.4 Å². The number of amides is 1. The Morgan fingerprint density at radius 1 is 1.42 bits per heavy atom. The minimum atomic E-state index is -0.159. The highest BCUT2D eigenvalue weighted by Gasteiger charge is 2.23. The summed E-state index contributed by atoms with van der Waals surface area (Å²) in [7, 11) is 0. The zero-order chi connectivity index (χ0) is 18.1. The van der Waals surface area contributed by atoms with E-state index in [0.29, 0.717) is 6.54 Å². The highest BCUT2D eigenvalue weighted by Crippen LogP contribution is 2.16. The van der Waals surface area contributed by atoms with Crippen LogP contribution in [0, 0.1) is 12.8 Å². The molecule has 0 saturated carbocycles. The van der Waals surface area contributed by atoms with E-state index in [1.54, 1.807) is 11.3 Å². The Bertz CT molecular complexity index is 578. The highest BCUT2D eigenvalue weighted by atomic mass is 127. The van der Waals surface area contributed by atoms with Gasteiger partial charge in [-0.25, -0.2) is 4.99 Å². The maximum Gasteiger partial charge on any atom is 0.221 e. The number of hydrogen-bond donors (Lipinski definition) is 3. The molecule has 0 spiro atoms. The van der Waals surface area contributed by atoms with Crippen molar-refractivity contribution in [2.75, 3.05) is 32.7 Å². The second kappa shape index (κ2) is 12.5. The standard InChI is InChI=1S/C18H31N5OS.HI/c1-3-20-18(22-12-16-8-7-14(2)25-16)21-9-5-11-23-10-4-6-15(13-23)17(19)24;/h7-8,15H,3-6,9-13H2,1-2H3,(H2,19,24)(H2,20,21,22);1H. The second-order valence-corrected chi connectivity index (χ2v) is 7.90. The van der Waals surface area contributed by atoms with Crippen molar-refractivity contribution in [1.82, 2.24) is 15.5 Å². The van der Waals surface area contributed by atoms with Crippen molar-refractivity contribution in [2.24, 2.45) is 16.6 Å². The third kappa shape index (κ3) is 8.22. The molecule has 1 amide bonds. The van der Waals surface area contributed by atoms with E-state index >= 15 is 0 Å². The van der Waals surface area contributed by atoms with Crippen LogP contribution in [0.5, 0.6) is 0 Å². The van der Waals surface area contributed by atoms with Gasteiger partial charge in [-0.2, -0.15) is 0 Å². The molecule has 0 bridgehead atoms. The molecular formula is C18H32IN5OS. The Balaban J connectivity index is 0.00000338. The number of nitrogens with one attached hydrogen (secondary N) is 2. The van der Waals surface area contributed by atoms with E-state index in [2.05, 4.69) is 46.5 Å². The number of likely N-dealkylation sites (tertiary alicyclic amines) is 1. The summed E-state index contributed by atoms with van der Waals surface area (Å²) >= 11 is 1.79. The van der Waals surface area contributed by atoms with E-state index in [0.717, 1.165) is 57.9 Å². The molecule has 1 aromatic rings. The van der Waals surface area contributed by atoms with Crippen molar-refractivity contribution in [3.63, 3.8) is 0 Å². The molecule has 1 atom stereocenters. The van der Waals surface area contributed by atoms with Gasteiger partial charge in [-0.3, -0.25) is 4.79 Å². The number of aliphatic imine (C=N–C) groups is 1. The van der Waals surface area contributed by atoms with Crippen LogP contribution in [-0.2, 0) is 11.3 Å². The summed E-state index contributed by atoms with van der Waals surface area (Å²) in [5.41, 5.74) is 5.44. The molecule has 8 heteroatoms. The number of guanidine groups is 1. The number of carbonyl (C=O) groups is 1. The predicted molar refractivity (Wildman–Crippen MR) is 120 cm³/mol. The molecule has 148 valence electrons. The van der Waals surface area contributed by atoms with E-state index in [4.69, 9.17) is 5.73 Å². The lowest BCUT2D eigenvalue weighted by Crippen LogP contribution is -2.43. The van der Waals surface area contributed by atoms with Gasteiger partial charge < -0.3 is 21.3 Å². The summed E-state index contributed by atoms with van der Waals surface area (Å²) in [6.45, 7) is 9.47. The minimum absolute atomic E-state index is 0. The average molecular weight is 493 g/mol. The number of hydrogen-bond acceptors (Lipinski definition) is 4. The van der Waals surface area contributed by atoms with Crippen LogP contribution >= 0.6 is 35.3 Å². The van der Waals surface area contributed by atoms with Crippen molar-refractivity contribution in [2.45, 2.75) is 39.7 Å². The van der Waals surface area contributed by atoms with E-state index < -0.39 is 0 Å². The average Bonchev–Trinajstić information content (AvgIpc) is 3.02. The maximum absolute atomic E-state index is 11.3. The van der Waals surface area contributed by atoms with Crippen molar-refractivity contribution < 1.29 is 4.79 Å². The largest absolute Gasteiger partial charge is 0.369 e. The number of rotatable bonds is 8. The van der Waals surface area contributed by atoms with Crippen molar-refractivity contribution in [3.8, 4) is 0 Å². The Morgan fingerprint density at radius 2 is 2.23 bits per heavy atom. The second-order valence-electron chi connectivity index (χ2n) is 6.53. The van der Waals surface area contributed by atoms with Crippen molar-refractivity contribution >= 4 is 47.2 Å². The van der Waals surface area contributed by atoms with Gasteiger partial charge in [0.1, 0.15) is 0 Å². The Hall–Kier alpha value is -0.870. The van der Waals surface area contributed by atoms with Crippen LogP contribution < -0.4 is 16.4 Å². The number of thiophene rings is 1. The molecule has 1 unspecified atom stereocenters. The van der Waals surface area contributed by atoms with E-state index in [9.17, 15) is 4.79 Å². The first-order chi connectivity index (χ1) is 12.1. The van der Waals surface area contributed by atoms with Gasteiger partial charge in [0.25, 0.3) is 0 Å². The lowest BCUT2D eigenvalue weighted by molar-refractivity contribution is -0.123. The van der Waals surface area contributed by atoms with Gasteiger partial charge in [0.2, 0.25) is 5.91 Å². The van der Waals surface area contributed by atoms with Crippen LogP contribution in [-0.4, -0.2) is 49.5 Å². The quantitative estimate of drug-likeness (QED) is 0.225. The third-order valence-electron chi connectivity index (χ3n) is 4.38. The first kappa shape index (κ1) is 23.2. The molecule has 6 nitrogen and oxygen atoms in total. The number of aryl methyl sites for hydroxylation is 1. The van der Waals surface area contributed by atoms with Crippen LogP contribution in [0.15, 0.2) is 17.1 Å². The smallest absolute Gasteiger partial charge is 0.221 e. The van der Waals surface area contributed by atoms with Crippen LogP contribution in [0.2, 0.25) is 0 Å². The zero-order valence-corrected chi connectivity index (χ0v) is 18.9. The van der Waals surface area contributed by atoms with Gasteiger partial charge >= 0.3 is 0 Å². The molecular weight excluding hydrogens is 461 g/mol. The molecule has 0 radical (unpaired) electrons. The van der Waals surface area contributed by atoms with Gasteiger partial charge in [0.05, 0.1) is 12.5 Å². The number of piperidine rings is 1. The summed E-state index contributed by atoms with van der Waals surface area (Å²) in [5.74, 6) is 0.727. The molecule has 1 aliphatic rings. The Kier molecular flexibility index (Phi) is 11.1. The van der Waals surface area contributed by atoms with Gasteiger partial charge in [-0.05, 0) is 58.3 Å². The normalized spacial score (nSPS) is 18.2. The fourth-order valence-electron chi connectivity index (χ4n) is 3.07. The molecule has 1 saturated heterocycles. The molecule has 2 rings (SSSR count). The first-order valence-electron chi connectivity index (χ1n) is 9.17. The maximum atomic E-state index is 11.3. The van der Waals surface area contributed by atoms with Crippen LogP contribution in [0.4, 0.5) is 0 Å². The molecule has 1 aliphatic heterocycles. The lowest BCUT2D eigenvalue weighted by Gasteiger charge is -2.31. The minimum Gasteiger partial charge on any atom is -0.369 e. The summed E-state index contributed by atoms with van der Waals surface area (Å²) in [6, 6.07) is 4.27. The van der Waals surface area contributed by atoms with Crippen LogP contribution in [0.25, 0.3) is 0 Å². The fraction of sp³-hybridized carbons (Fsp3) is 0.667. The molecule has 1 aromatic heterocycles. The first-order valence-corrected chi connectivity index (χ1v) is 9.99. The van der Waals surface area contributed by atoms with Crippen molar-refractivity contribution in [1.29, 1.82) is 0 Å². The number of halogens is 1. The summed E-state index contributed by atoms with van der Waals surface area (Å²) in [6.07, 6.45) is 3.02. The number of primary amides is 1. The van der Waals surface area contributed by atoms with E-state index in [1.165, 1.54) is 9.75 Å². The van der Waals surface area contributed by atoms with E-state index in [1.807, 2.05) is 0 Å². The highest BCUT2D eigenvalue weighted by molar-refractivity contribution is 14.0. The fourth-order valence-corrected chi connectivity index (χ4v) is 3.88. The predicted octanol–water partition coefficient (Wildman–Crippen LogP) is 2.32. The van der Waals surface area contributed by atoms with Crippen LogP contribution in [0.1, 0.15) is 35.9 Å². The topological polar surface area (TPSA) is 82.8 Å². The van der Waals surface area contributed by atoms with Gasteiger partial charge in [-0.1, -0.05) is 0 Å². The third-order valence-corrected chi connectivity index (χ3v) is 5.37. The van der Waals surface area contributed by atoms with Crippen LogP contribution in [0.3, 0.4) is 0 Å². The Morgan fingerprint density at radius 3 is 2.88 bits per heavy atom.